The molecule has 2 heterocycles. The smallest absolute Gasteiger partial charge is 0.276 e. The Balaban J connectivity index is 1.69. The standard InChI is InChI=1S/C23H23N3O2/c1-2-3-15-28-22-12-8-7-11-19(22)20-16-21-23(27)25(13-14-26(21)24-20)17-18-9-5-4-6-10-18/h4-14,16H,2-3,15,17H2,1H3. The van der Waals surface area contributed by atoms with E-state index < -0.39 is 0 Å². The molecule has 0 radical (unpaired) electrons. The fourth-order valence-corrected chi connectivity index (χ4v) is 3.19. The molecule has 0 amide bonds. The zero-order valence-corrected chi connectivity index (χ0v) is 15.9. The highest BCUT2D eigenvalue weighted by Crippen LogP contribution is 2.29. The minimum absolute atomic E-state index is 0.0607. The summed E-state index contributed by atoms with van der Waals surface area (Å²) in [6, 6.07) is 19.6. The second-order valence-electron chi connectivity index (χ2n) is 6.77. The van der Waals surface area contributed by atoms with Gasteiger partial charge in [0.25, 0.3) is 5.56 Å². The molecule has 28 heavy (non-hydrogen) atoms. The summed E-state index contributed by atoms with van der Waals surface area (Å²) in [5.41, 5.74) is 3.22. The maximum absolute atomic E-state index is 12.9. The van der Waals surface area contributed by atoms with Gasteiger partial charge in [0.05, 0.1) is 18.8 Å². The first-order chi connectivity index (χ1) is 13.8. The number of aromatic nitrogens is 3. The van der Waals surface area contributed by atoms with Gasteiger partial charge in [0.2, 0.25) is 0 Å². The largest absolute Gasteiger partial charge is 0.493 e. The third-order valence-electron chi connectivity index (χ3n) is 4.72. The number of rotatable bonds is 7. The van der Waals surface area contributed by atoms with E-state index in [2.05, 4.69) is 12.0 Å². The summed E-state index contributed by atoms with van der Waals surface area (Å²) >= 11 is 0. The molecule has 2 aromatic heterocycles. The molecule has 0 unspecified atom stereocenters. The van der Waals surface area contributed by atoms with Gasteiger partial charge in [-0.3, -0.25) is 4.79 Å². The molecule has 4 aromatic rings. The van der Waals surface area contributed by atoms with Gasteiger partial charge < -0.3 is 9.30 Å². The predicted molar refractivity (Wildman–Crippen MR) is 111 cm³/mol. The van der Waals surface area contributed by atoms with Gasteiger partial charge in [-0.2, -0.15) is 5.10 Å². The summed E-state index contributed by atoms with van der Waals surface area (Å²) < 4.78 is 9.28. The third-order valence-corrected chi connectivity index (χ3v) is 4.72. The number of hydrogen-bond donors (Lipinski definition) is 0. The van der Waals surface area contributed by atoms with Crippen molar-refractivity contribution in [3.05, 3.63) is 89.0 Å². The average Bonchev–Trinajstić information content (AvgIpc) is 3.16. The monoisotopic (exact) mass is 373 g/mol. The zero-order valence-electron chi connectivity index (χ0n) is 15.9. The first-order valence-corrected chi connectivity index (χ1v) is 9.61. The Morgan fingerprint density at radius 2 is 1.79 bits per heavy atom. The van der Waals surface area contributed by atoms with Gasteiger partial charge in [-0.15, -0.1) is 0 Å². The van der Waals surface area contributed by atoms with Crippen molar-refractivity contribution in [3.63, 3.8) is 0 Å². The highest BCUT2D eigenvalue weighted by Gasteiger charge is 2.13. The second kappa shape index (κ2) is 8.13. The van der Waals surface area contributed by atoms with Crippen molar-refractivity contribution in [1.29, 1.82) is 0 Å². The quantitative estimate of drug-likeness (QED) is 0.452. The molecule has 142 valence electrons. The molecule has 5 heteroatoms. The first-order valence-electron chi connectivity index (χ1n) is 9.61. The van der Waals surface area contributed by atoms with Crippen LogP contribution < -0.4 is 10.3 Å². The van der Waals surface area contributed by atoms with E-state index in [1.807, 2.05) is 66.9 Å². The molecule has 0 aliphatic rings. The van der Waals surface area contributed by atoms with Crippen molar-refractivity contribution >= 4 is 5.52 Å². The fourth-order valence-electron chi connectivity index (χ4n) is 3.19. The Labute approximate surface area is 163 Å². The Morgan fingerprint density at radius 3 is 2.61 bits per heavy atom. The highest BCUT2D eigenvalue weighted by molar-refractivity contribution is 5.71. The van der Waals surface area contributed by atoms with Crippen LogP contribution in [-0.2, 0) is 6.54 Å². The van der Waals surface area contributed by atoms with E-state index in [0.29, 0.717) is 18.7 Å². The van der Waals surface area contributed by atoms with Crippen molar-refractivity contribution < 1.29 is 4.74 Å². The Bertz CT molecular complexity index is 1130. The van der Waals surface area contributed by atoms with Gasteiger partial charge in [0, 0.05) is 18.0 Å². The molecular weight excluding hydrogens is 350 g/mol. The predicted octanol–water partition coefficient (Wildman–Crippen LogP) is 4.39. The minimum Gasteiger partial charge on any atom is -0.493 e. The van der Waals surface area contributed by atoms with Gasteiger partial charge in [0.15, 0.2) is 0 Å². The summed E-state index contributed by atoms with van der Waals surface area (Å²) in [7, 11) is 0. The lowest BCUT2D eigenvalue weighted by Crippen LogP contribution is -2.21. The molecule has 0 saturated heterocycles. The van der Waals surface area contributed by atoms with Gasteiger partial charge in [-0.1, -0.05) is 55.8 Å². The highest BCUT2D eigenvalue weighted by atomic mass is 16.5. The zero-order chi connectivity index (χ0) is 19.3. The van der Waals surface area contributed by atoms with Crippen molar-refractivity contribution in [2.75, 3.05) is 6.61 Å². The number of fused-ring (bicyclic) bond motifs is 1. The van der Waals surface area contributed by atoms with Crippen molar-refractivity contribution in [3.8, 4) is 17.0 Å². The van der Waals surface area contributed by atoms with Crippen LogP contribution in [0.5, 0.6) is 5.75 Å². The number of benzene rings is 2. The van der Waals surface area contributed by atoms with Gasteiger partial charge in [0.1, 0.15) is 11.3 Å². The number of nitrogens with zero attached hydrogens (tertiary/aromatic N) is 3. The molecule has 0 bridgehead atoms. The molecule has 0 fully saturated rings. The van der Waals surface area contributed by atoms with Crippen LogP contribution in [0.2, 0.25) is 0 Å². The minimum atomic E-state index is -0.0607. The lowest BCUT2D eigenvalue weighted by molar-refractivity contribution is 0.310. The molecule has 5 nitrogen and oxygen atoms in total. The maximum atomic E-state index is 12.9. The van der Waals surface area contributed by atoms with E-state index in [0.717, 1.165) is 35.4 Å². The van der Waals surface area contributed by atoms with Crippen molar-refractivity contribution in [2.24, 2.45) is 0 Å². The van der Waals surface area contributed by atoms with E-state index in [1.54, 1.807) is 15.3 Å². The Kier molecular flexibility index (Phi) is 5.24. The second-order valence-corrected chi connectivity index (χ2v) is 6.77. The molecule has 0 N–H and O–H groups in total. The van der Waals surface area contributed by atoms with Crippen LogP contribution in [0.4, 0.5) is 0 Å². The molecule has 2 aromatic carbocycles. The van der Waals surface area contributed by atoms with Crippen molar-refractivity contribution in [1.82, 2.24) is 14.2 Å². The number of hydrogen-bond acceptors (Lipinski definition) is 3. The molecule has 0 atom stereocenters. The first kappa shape index (κ1) is 18.0. The molecule has 0 aliphatic carbocycles. The van der Waals surface area contributed by atoms with Crippen LogP contribution in [0.3, 0.4) is 0 Å². The van der Waals surface area contributed by atoms with Crippen LogP contribution in [-0.4, -0.2) is 20.8 Å². The van der Waals surface area contributed by atoms with Crippen molar-refractivity contribution in [2.45, 2.75) is 26.3 Å². The van der Waals surface area contributed by atoms with Crippen LogP contribution in [0.15, 0.2) is 77.9 Å². The molecular formula is C23H23N3O2. The van der Waals surface area contributed by atoms with Gasteiger partial charge in [-0.25, -0.2) is 4.52 Å². The SMILES string of the molecule is CCCCOc1ccccc1-c1cc2c(=O)n(Cc3ccccc3)ccn2n1. The maximum Gasteiger partial charge on any atom is 0.276 e. The molecule has 0 aliphatic heterocycles. The van der Waals surface area contributed by atoms with Crippen LogP contribution in [0, 0.1) is 0 Å². The van der Waals surface area contributed by atoms with Crippen LogP contribution >= 0.6 is 0 Å². The normalized spacial score (nSPS) is 11.0. The van der Waals surface area contributed by atoms with E-state index in [-0.39, 0.29) is 5.56 Å². The third kappa shape index (κ3) is 3.69. The number of ether oxygens (including phenoxy) is 1. The molecule has 0 saturated carbocycles. The van der Waals surface area contributed by atoms with E-state index in [9.17, 15) is 4.79 Å². The lowest BCUT2D eigenvalue weighted by atomic mass is 10.1. The van der Waals surface area contributed by atoms with Crippen LogP contribution in [0.1, 0.15) is 25.3 Å². The topological polar surface area (TPSA) is 48.5 Å². The number of para-hydroxylation sites is 1. The summed E-state index contributed by atoms with van der Waals surface area (Å²) in [4.78, 5) is 12.9. The summed E-state index contributed by atoms with van der Waals surface area (Å²) in [5.74, 6) is 0.795. The molecule has 0 spiro atoms. The molecule has 4 rings (SSSR count). The number of unbranched alkanes of at least 4 members (excludes halogenated alkanes) is 1. The van der Waals surface area contributed by atoms with Crippen LogP contribution in [0.25, 0.3) is 16.8 Å². The Hall–Kier alpha value is -3.34. The van der Waals surface area contributed by atoms with Gasteiger partial charge >= 0.3 is 0 Å². The summed E-state index contributed by atoms with van der Waals surface area (Å²) in [5, 5.41) is 4.60. The average molecular weight is 373 g/mol. The summed E-state index contributed by atoms with van der Waals surface area (Å²) in [6.07, 6.45) is 5.69. The fraction of sp³-hybridized carbons (Fsp3) is 0.217. The van der Waals surface area contributed by atoms with E-state index >= 15 is 0 Å². The Morgan fingerprint density at radius 1 is 1.00 bits per heavy atom. The summed E-state index contributed by atoms with van der Waals surface area (Å²) in [6.45, 7) is 3.34. The van der Waals surface area contributed by atoms with E-state index in [4.69, 9.17) is 4.74 Å². The van der Waals surface area contributed by atoms with Gasteiger partial charge in [-0.05, 0) is 30.2 Å². The van der Waals surface area contributed by atoms with E-state index in [1.165, 1.54) is 0 Å². The lowest BCUT2D eigenvalue weighted by Gasteiger charge is -2.09.